The topological polar surface area (TPSA) is 56.8 Å². The summed E-state index contributed by atoms with van der Waals surface area (Å²) in [4.78, 5) is 12.4. The molecule has 0 saturated carbocycles. The molecule has 0 bridgehead atoms. The summed E-state index contributed by atoms with van der Waals surface area (Å²) >= 11 is 0. The third-order valence-corrected chi connectivity index (χ3v) is 4.39. The van der Waals surface area contributed by atoms with Gasteiger partial charge >= 0.3 is 0 Å². The van der Waals surface area contributed by atoms with Crippen molar-refractivity contribution in [2.45, 2.75) is 19.4 Å². The summed E-state index contributed by atoms with van der Waals surface area (Å²) in [5.41, 5.74) is 0. The molecule has 0 radical (unpaired) electrons. The van der Waals surface area contributed by atoms with Crippen molar-refractivity contribution in [2.24, 2.45) is 0 Å². The molecule has 0 aromatic heterocycles. The van der Waals surface area contributed by atoms with E-state index in [4.69, 9.17) is 14.2 Å². The van der Waals surface area contributed by atoms with Crippen molar-refractivity contribution < 1.29 is 19.0 Å². The quantitative estimate of drug-likeness (QED) is 0.566. The number of methoxy groups -OCH3 is 1. The molecule has 146 valence electrons. The molecule has 5 nitrogen and oxygen atoms in total. The monoisotopic (exact) mass is 379 g/mol. The second-order valence-electron chi connectivity index (χ2n) is 6.34. The summed E-state index contributed by atoms with van der Waals surface area (Å²) in [5.74, 6) is 2.05. The maximum absolute atomic E-state index is 12.4. The van der Waals surface area contributed by atoms with Gasteiger partial charge in [-0.05, 0) is 53.6 Å². The molecule has 0 saturated heterocycles. The minimum atomic E-state index is -0.540. The molecular formula is C23H25NO4. The van der Waals surface area contributed by atoms with Gasteiger partial charge < -0.3 is 19.5 Å². The fourth-order valence-corrected chi connectivity index (χ4v) is 2.86. The fourth-order valence-electron chi connectivity index (χ4n) is 2.86. The normalized spacial score (nSPS) is 11.6. The molecule has 0 aliphatic carbocycles. The Morgan fingerprint density at radius 1 is 0.929 bits per heavy atom. The number of fused-ring (bicyclic) bond motifs is 1. The Hall–Kier alpha value is -3.21. The van der Waals surface area contributed by atoms with E-state index in [1.165, 1.54) is 0 Å². The van der Waals surface area contributed by atoms with Crippen LogP contribution in [-0.4, -0.2) is 32.3 Å². The summed E-state index contributed by atoms with van der Waals surface area (Å²) in [6.45, 7) is 2.71. The molecule has 1 N–H and O–H groups in total. The highest BCUT2D eigenvalue weighted by Crippen LogP contribution is 2.22. The maximum Gasteiger partial charge on any atom is 0.261 e. The zero-order chi connectivity index (χ0) is 19.8. The predicted octanol–water partition coefficient (Wildman–Crippen LogP) is 4.20. The summed E-state index contributed by atoms with van der Waals surface area (Å²) in [5, 5.41) is 5.10. The molecule has 0 unspecified atom stereocenters. The van der Waals surface area contributed by atoms with E-state index in [2.05, 4.69) is 5.32 Å². The second kappa shape index (κ2) is 9.65. The van der Waals surface area contributed by atoms with Crippen molar-refractivity contribution in [3.05, 3.63) is 66.7 Å². The van der Waals surface area contributed by atoms with Crippen LogP contribution in [0.2, 0.25) is 0 Å². The minimum Gasteiger partial charge on any atom is -0.497 e. The van der Waals surface area contributed by atoms with Gasteiger partial charge in [-0.2, -0.15) is 0 Å². The van der Waals surface area contributed by atoms with Gasteiger partial charge in [0.15, 0.2) is 6.10 Å². The summed E-state index contributed by atoms with van der Waals surface area (Å²) in [7, 11) is 1.62. The van der Waals surface area contributed by atoms with E-state index in [1.54, 1.807) is 7.11 Å². The number of hydrogen-bond acceptors (Lipinski definition) is 4. The van der Waals surface area contributed by atoms with Crippen LogP contribution in [0.1, 0.15) is 13.3 Å². The van der Waals surface area contributed by atoms with Crippen molar-refractivity contribution >= 4 is 16.7 Å². The molecule has 1 amide bonds. The van der Waals surface area contributed by atoms with Gasteiger partial charge in [-0.25, -0.2) is 0 Å². The van der Waals surface area contributed by atoms with Gasteiger partial charge in [0.1, 0.15) is 23.9 Å². The van der Waals surface area contributed by atoms with Gasteiger partial charge in [-0.1, -0.05) is 37.3 Å². The largest absolute Gasteiger partial charge is 0.497 e. The van der Waals surface area contributed by atoms with Crippen molar-refractivity contribution in [2.75, 3.05) is 20.3 Å². The number of hydrogen-bond donors (Lipinski definition) is 1. The number of rotatable bonds is 9. The first kappa shape index (κ1) is 19.5. The molecule has 3 rings (SSSR count). The highest BCUT2D eigenvalue weighted by molar-refractivity contribution is 5.84. The summed E-state index contributed by atoms with van der Waals surface area (Å²) in [6, 6.07) is 21.2. The number of nitrogens with one attached hydrogen (secondary N) is 1. The third kappa shape index (κ3) is 5.16. The van der Waals surface area contributed by atoms with Crippen molar-refractivity contribution in [1.29, 1.82) is 0 Å². The standard InChI is InChI=1S/C23H25NO4/c1-3-22(28-21-9-8-17-6-4-5-7-18(17)16-21)23(25)24-14-15-27-20-12-10-19(26-2)11-13-20/h4-13,16,22H,3,14-15H2,1-2H3,(H,24,25)/t22-/m0/s1. The lowest BCUT2D eigenvalue weighted by molar-refractivity contribution is -0.128. The van der Waals surface area contributed by atoms with E-state index < -0.39 is 6.10 Å². The first-order valence-electron chi connectivity index (χ1n) is 9.39. The molecule has 1 atom stereocenters. The number of benzene rings is 3. The van der Waals surface area contributed by atoms with Crippen LogP contribution in [0.25, 0.3) is 10.8 Å². The maximum atomic E-state index is 12.4. The highest BCUT2D eigenvalue weighted by atomic mass is 16.5. The van der Waals surface area contributed by atoms with Gasteiger partial charge in [-0.15, -0.1) is 0 Å². The second-order valence-corrected chi connectivity index (χ2v) is 6.34. The van der Waals surface area contributed by atoms with E-state index in [0.717, 1.165) is 22.3 Å². The highest BCUT2D eigenvalue weighted by Gasteiger charge is 2.18. The lowest BCUT2D eigenvalue weighted by atomic mass is 10.1. The van der Waals surface area contributed by atoms with E-state index in [-0.39, 0.29) is 5.91 Å². The molecule has 0 aliphatic rings. The van der Waals surface area contributed by atoms with Gasteiger partial charge in [0, 0.05) is 0 Å². The molecule has 0 spiro atoms. The third-order valence-electron chi connectivity index (χ3n) is 4.39. The van der Waals surface area contributed by atoms with E-state index in [1.807, 2.05) is 73.7 Å². The van der Waals surface area contributed by atoms with E-state index >= 15 is 0 Å². The lowest BCUT2D eigenvalue weighted by Gasteiger charge is -2.18. The van der Waals surface area contributed by atoms with Crippen LogP contribution in [0.3, 0.4) is 0 Å². The zero-order valence-electron chi connectivity index (χ0n) is 16.2. The van der Waals surface area contributed by atoms with Gasteiger partial charge in [-0.3, -0.25) is 4.79 Å². The zero-order valence-corrected chi connectivity index (χ0v) is 16.2. The lowest BCUT2D eigenvalue weighted by Crippen LogP contribution is -2.39. The Labute approximate surface area is 165 Å². The fraction of sp³-hybridized carbons (Fsp3) is 0.261. The minimum absolute atomic E-state index is 0.144. The SMILES string of the molecule is CC[C@H](Oc1ccc2ccccc2c1)C(=O)NCCOc1ccc(OC)cc1. The first-order valence-corrected chi connectivity index (χ1v) is 9.39. The van der Waals surface area contributed by atoms with Crippen LogP contribution in [0.4, 0.5) is 0 Å². The van der Waals surface area contributed by atoms with Crippen LogP contribution in [-0.2, 0) is 4.79 Å². The predicted molar refractivity (Wildman–Crippen MR) is 110 cm³/mol. The molecular weight excluding hydrogens is 354 g/mol. The van der Waals surface area contributed by atoms with Crippen molar-refractivity contribution in [3.8, 4) is 17.2 Å². The molecule has 0 fully saturated rings. The first-order chi connectivity index (χ1) is 13.7. The van der Waals surface area contributed by atoms with Crippen LogP contribution >= 0.6 is 0 Å². The van der Waals surface area contributed by atoms with Crippen LogP contribution in [0.5, 0.6) is 17.2 Å². The number of ether oxygens (including phenoxy) is 3. The Kier molecular flexibility index (Phi) is 6.73. The number of carbonyl (C=O) groups is 1. The average molecular weight is 379 g/mol. The molecule has 28 heavy (non-hydrogen) atoms. The number of carbonyl (C=O) groups excluding carboxylic acids is 1. The van der Waals surface area contributed by atoms with Gasteiger partial charge in [0.25, 0.3) is 5.91 Å². The van der Waals surface area contributed by atoms with Gasteiger partial charge in [0.2, 0.25) is 0 Å². The summed E-state index contributed by atoms with van der Waals surface area (Å²) < 4.78 is 16.6. The Morgan fingerprint density at radius 3 is 2.32 bits per heavy atom. The Bertz CT molecular complexity index is 908. The molecule has 0 heterocycles. The van der Waals surface area contributed by atoms with Crippen molar-refractivity contribution in [1.82, 2.24) is 5.32 Å². The summed E-state index contributed by atoms with van der Waals surface area (Å²) in [6.07, 6.45) is 0.0417. The smallest absolute Gasteiger partial charge is 0.261 e. The molecule has 5 heteroatoms. The average Bonchev–Trinajstić information content (AvgIpc) is 2.75. The molecule has 3 aromatic rings. The number of amides is 1. The molecule has 3 aromatic carbocycles. The Morgan fingerprint density at radius 2 is 1.61 bits per heavy atom. The molecule has 0 aliphatic heterocycles. The van der Waals surface area contributed by atoms with Crippen molar-refractivity contribution in [3.63, 3.8) is 0 Å². The van der Waals surface area contributed by atoms with E-state index in [9.17, 15) is 4.79 Å². The van der Waals surface area contributed by atoms with Crippen LogP contribution < -0.4 is 19.5 Å². The van der Waals surface area contributed by atoms with E-state index in [0.29, 0.717) is 25.3 Å². The van der Waals surface area contributed by atoms with Crippen LogP contribution in [0.15, 0.2) is 66.7 Å². The Balaban J connectivity index is 1.48. The van der Waals surface area contributed by atoms with Gasteiger partial charge in [0.05, 0.1) is 13.7 Å². The van der Waals surface area contributed by atoms with Crippen LogP contribution in [0, 0.1) is 0 Å².